The summed E-state index contributed by atoms with van der Waals surface area (Å²) in [5, 5.41) is 5.22. The standard InChI is InChI=1S/C26H34F3N5O2/c27-26(28,29)19-7-4-8-21(17-19)32-25(36)23(10-9-18-5-2-1-3-6-18)33-24(35)22(31)13-16-34-14-11-20(30)12-15-34/h1-8,17,20,22-23H,9-16,30-31H2,(H,32,36)(H,33,35)/t22-,23-/m0/s1. The molecule has 0 radical (unpaired) electrons. The normalized spacial score (nSPS) is 16.8. The van der Waals surface area contributed by atoms with Crippen molar-refractivity contribution in [3.05, 3.63) is 65.7 Å². The molecule has 0 saturated carbocycles. The number of likely N-dealkylation sites (tertiary alicyclic amines) is 1. The van der Waals surface area contributed by atoms with Crippen molar-refractivity contribution in [2.75, 3.05) is 25.0 Å². The summed E-state index contributed by atoms with van der Waals surface area (Å²) >= 11 is 0. The largest absolute Gasteiger partial charge is 0.416 e. The van der Waals surface area contributed by atoms with Crippen molar-refractivity contribution in [1.29, 1.82) is 0 Å². The molecule has 3 rings (SSSR count). The molecule has 10 heteroatoms. The number of nitrogens with zero attached hydrogens (tertiary/aromatic N) is 1. The first-order chi connectivity index (χ1) is 17.1. The first-order valence-electron chi connectivity index (χ1n) is 12.2. The molecule has 0 spiro atoms. The maximum atomic E-state index is 13.1. The summed E-state index contributed by atoms with van der Waals surface area (Å²) in [7, 11) is 0. The highest BCUT2D eigenvalue weighted by molar-refractivity contribution is 5.97. The van der Waals surface area contributed by atoms with Crippen LogP contribution in [0.5, 0.6) is 0 Å². The van der Waals surface area contributed by atoms with Gasteiger partial charge in [-0.1, -0.05) is 36.4 Å². The number of halogens is 3. The highest BCUT2D eigenvalue weighted by Gasteiger charge is 2.31. The second kappa shape index (κ2) is 12.8. The van der Waals surface area contributed by atoms with E-state index in [1.165, 1.54) is 12.1 Å². The lowest BCUT2D eigenvalue weighted by molar-refractivity contribution is -0.137. The summed E-state index contributed by atoms with van der Waals surface area (Å²) in [6, 6.07) is 12.2. The Morgan fingerprint density at radius 3 is 2.36 bits per heavy atom. The van der Waals surface area contributed by atoms with Gasteiger partial charge >= 0.3 is 6.18 Å². The summed E-state index contributed by atoms with van der Waals surface area (Å²) in [5.41, 5.74) is 12.1. The Morgan fingerprint density at radius 1 is 1.00 bits per heavy atom. The van der Waals surface area contributed by atoms with Crippen molar-refractivity contribution in [1.82, 2.24) is 10.2 Å². The molecule has 0 bridgehead atoms. The molecule has 196 valence electrons. The first-order valence-corrected chi connectivity index (χ1v) is 12.2. The number of aryl methyl sites for hydroxylation is 1. The Kier molecular flexibility index (Phi) is 9.86. The van der Waals surface area contributed by atoms with Crippen LogP contribution in [0.3, 0.4) is 0 Å². The van der Waals surface area contributed by atoms with E-state index >= 15 is 0 Å². The summed E-state index contributed by atoms with van der Waals surface area (Å²) in [5.74, 6) is -1.07. The monoisotopic (exact) mass is 505 g/mol. The number of hydrogen-bond donors (Lipinski definition) is 4. The molecular weight excluding hydrogens is 471 g/mol. The lowest BCUT2D eigenvalue weighted by atomic mass is 10.0. The van der Waals surface area contributed by atoms with Gasteiger partial charge in [0.25, 0.3) is 0 Å². The van der Waals surface area contributed by atoms with Gasteiger partial charge in [0.1, 0.15) is 6.04 Å². The highest BCUT2D eigenvalue weighted by atomic mass is 19.4. The van der Waals surface area contributed by atoms with Crippen molar-refractivity contribution in [2.24, 2.45) is 11.5 Å². The van der Waals surface area contributed by atoms with Crippen LogP contribution < -0.4 is 22.1 Å². The molecule has 1 saturated heterocycles. The van der Waals surface area contributed by atoms with Crippen molar-refractivity contribution in [2.45, 2.75) is 56.4 Å². The predicted octanol–water partition coefficient (Wildman–Crippen LogP) is 2.90. The molecule has 2 atom stereocenters. The van der Waals surface area contributed by atoms with Gasteiger partial charge in [0.05, 0.1) is 11.6 Å². The van der Waals surface area contributed by atoms with E-state index in [-0.39, 0.29) is 18.2 Å². The molecule has 0 aromatic heterocycles. The lowest BCUT2D eigenvalue weighted by Gasteiger charge is -2.30. The van der Waals surface area contributed by atoms with E-state index < -0.39 is 35.6 Å². The van der Waals surface area contributed by atoms with Crippen molar-refractivity contribution < 1.29 is 22.8 Å². The fourth-order valence-electron chi connectivity index (χ4n) is 4.14. The number of amides is 2. The SMILES string of the molecule is NC1CCN(CC[C@H](N)C(=O)N[C@@H](CCc2ccccc2)C(=O)Nc2cccc(C(F)(F)F)c2)CC1. The third kappa shape index (κ3) is 8.61. The van der Waals surface area contributed by atoms with Crippen LogP contribution in [-0.4, -0.2) is 54.5 Å². The molecular formula is C26H34F3N5O2. The van der Waals surface area contributed by atoms with Gasteiger partial charge in [0.2, 0.25) is 11.8 Å². The third-order valence-electron chi connectivity index (χ3n) is 6.38. The third-order valence-corrected chi connectivity index (χ3v) is 6.38. The Labute approximate surface area is 209 Å². The number of rotatable bonds is 10. The van der Waals surface area contributed by atoms with E-state index in [2.05, 4.69) is 15.5 Å². The van der Waals surface area contributed by atoms with Gasteiger partial charge in [-0.15, -0.1) is 0 Å². The zero-order chi connectivity index (χ0) is 26.1. The number of piperidine rings is 1. The second-order valence-corrected chi connectivity index (χ2v) is 9.23. The summed E-state index contributed by atoms with van der Waals surface area (Å²) in [6.45, 7) is 2.36. The van der Waals surface area contributed by atoms with Gasteiger partial charge in [0, 0.05) is 18.3 Å². The minimum Gasteiger partial charge on any atom is -0.343 e. The molecule has 2 aromatic carbocycles. The van der Waals surface area contributed by atoms with E-state index in [0.29, 0.717) is 19.4 Å². The topological polar surface area (TPSA) is 113 Å². The van der Waals surface area contributed by atoms with Gasteiger partial charge in [-0.3, -0.25) is 9.59 Å². The van der Waals surface area contributed by atoms with Crippen LogP contribution in [0.1, 0.15) is 36.8 Å². The predicted molar refractivity (Wildman–Crippen MR) is 133 cm³/mol. The van der Waals surface area contributed by atoms with E-state index in [1.807, 2.05) is 30.3 Å². The quantitative estimate of drug-likeness (QED) is 0.397. The minimum atomic E-state index is -4.53. The Balaban J connectivity index is 1.63. The maximum absolute atomic E-state index is 13.1. The Hall–Kier alpha value is -2.95. The van der Waals surface area contributed by atoms with Crippen LogP contribution in [-0.2, 0) is 22.2 Å². The van der Waals surface area contributed by atoms with Crippen LogP contribution in [0.4, 0.5) is 18.9 Å². The lowest BCUT2D eigenvalue weighted by Crippen LogP contribution is -2.51. The maximum Gasteiger partial charge on any atom is 0.416 e. The van der Waals surface area contributed by atoms with E-state index in [4.69, 9.17) is 11.5 Å². The van der Waals surface area contributed by atoms with Crippen molar-refractivity contribution in [3.8, 4) is 0 Å². The van der Waals surface area contributed by atoms with Crippen LogP contribution in [0.2, 0.25) is 0 Å². The molecule has 1 aliphatic rings. The smallest absolute Gasteiger partial charge is 0.343 e. The molecule has 0 aliphatic carbocycles. The average Bonchev–Trinajstić information content (AvgIpc) is 2.86. The fraction of sp³-hybridized carbons (Fsp3) is 0.462. The van der Waals surface area contributed by atoms with Crippen LogP contribution >= 0.6 is 0 Å². The molecule has 2 aromatic rings. The molecule has 0 unspecified atom stereocenters. The zero-order valence-corrected chi connectivity index (χ0v) is 20.1. The van der Waals surface area contributed by atoms with Crippen molar-refractivity contribution in [3.63, 3.8) is 0 Å². The van der Waals surface area contributed by atoms with E-state index in [9.17, 15) is 22.8 Å². The molecule has 36 heavy (non-hydrogen) atoms. The minimum absolute atomic E-state index is 0.00129. The zero-order valence-electron chi connectivity index (χ0n) is 20.1. The fourth-order valence-corrected chi connectivity index (χ4v) is 4.14. The van der Waals surface area contributed by atoms with Crippen LogP contribution in [0.15, 0.2) is 54.6 Å². The van der Waals surface area contributed by atoms with Crippen molar-refractivity contribution >= 4 is 17.5 Å². The van der Waals surface area contributed by atoms with Gasteiger partial charge in [-0.2, -0.15) is 13.2 Å². The molecule has 1 heterocycles. The van der Waals surface area contributed by atoms with E-state index in [0.717, 1.165) is 43.6 Å². The number of nitrogens with two attached hydrogens (primary N) is 2. The number of hydrogen-bond acceptors (Lipinski definition) is 5. The van der Waals surface area contributed by atoms with Gasteiger partial charge in [-0.25, -0.2) is 0 Å². The van der Waals surface area contributed by atoms with Gasteiger partial charge < -0.3 is 27.0 Å². The number of anilines is 1. The molecule has 2 amide bonds. The van der Waals surface area contributed by atoms with Gasteiger partial charge in [0.15, 0.2) is 0 Å². The number of benzene rings is 2. The Bertz CT molecular complexity index is 995. The number of carbonyl (C=O) groups excluding carboxylic acids is 2. The van der Waals surface area contributed by atoms with Gasteiger partial charge in [-0.05, 0) is 69.0 Å². The van der Waals surface area contributed by atoms with Crippen LogP contribution in [0, 0.1) is 0 Å². The summed E-state index contributed by atoms with van der Waals surface area (Å²) in [4.78, 5) is 28.1. The molecule has 6 N–H and O–H groups in total. The summed E-state index contributed by atoms with van der Waals surface area (Å²) < 4.78 is 39.2. The Morgan fingerprint density at radius 2 is 1.69 bits per heavy atom. The number of nitrogens with one attached hydrogen (secondary N) is 2. The van der Waals surface area contributed by atoms with Crippen LogP contribution in [0.25, 0.3) is 0 Å². The first kappa shape index (κ1) is 27.6. The average molecular weight is 506 g/mol. The van der Waals surface area contributed by atoms with E-state index in [1.54, 1.807) is 0 Å². The summed E-state index contributed by atoms with van der Waals surface area (Å²) in [6.07, 6.45) is -1.56. The highest BCUT2D eigenvalue weighted by Crippen LogP contribution is 2.30. The molecule has 1 fully saturated rings. The second-order valence-electron chi connectivity index (χ2n) is 9.23. The number of carbonyl (C=O) groups is 2. The molecule has 1 aliphatic heterocycles. The molecule has 7 nitrogen and oxygen atoms in total. The number of alkyl halides is 3.